The zero-order valence-electron chi connectivity index (χ0n) is 24.1. The quantitative estimate of drug-likeness (QED) is 0.313. The van der Waals surface area contributed by atoms with Crippen LogP contribution in [-0.2, 0) is 14.3 Å². The number of esters is 1. The summed E-state index contributed by atoms with van der Waals surface area (Å²) in [6.45, 7) is 18.4. The lowest BCUT2D eigenvalue weighted by Gasteiger charge is -2.71. The Bertz CT molecular complexity index is 985. The molecule has 5 aliphatic rings. The number of carboxylic acid groups (broad SMARTS) is 1. The van der Waals surface area contributed by atoms with Gasteiger partial charge in [0.1, 0.15) is 11.5 Å². The standard InChI is InChI=1S/C32H50O4/c1-19-11-14-28(4)17-18-30(6)22(26(28)20(19)2)9-10-23-29(5)15-13-25(36-21(3)33)32(8,27(34)35)24(29)12-16-31(23,30)7/h9,19-20,23-26H,10-18H2,1-8H3,(H,34,35)/t19-,20-,23-,24-,25-,26-,28+,29+,30-,31+,32+/m0/s1. The maximum Gasteiger partial charge on any atom is 0.313 e. The smallest absolute Gasteiger partial charge is 0.313 e. The Labute approximate surface area is 219 Å². The monoisotopic (exact) mass is 498 g/mol. The van der Waals surface area contributed by atoms with Crippen molar-refractivity contribution in [1.29, 1.82) is 0 Å². The van der Waals surface area contributed by atoms with Crippen molar-refractivity contribution in [2.24, 2.45) is 56.7 Å². The summed E-state index contributed by atoms with van der Waals surface area (Å²) >= 11 is 0. The predicted octanol–water partition coefficient (Wildman–Crippen LogP) is 7.66. The molecule has 4 fully saturated rings. The lowest BCUT2D eigenvalue weighted by Crippen LogP contribution is -2.66. The molecule has 0 spiro atoms. The molecule has 0 aromatic heterocycles. The van der Waals surface area contributed by atoms with E-state index in [1.165, 1.54) is 32.6 Å². The summed E-state index contributed by atoms with van der Waals surface area (Å²) in [5.41, 5.74) is 1.40. The Kier molecular flexibility index (Phi) is 5.91. The molecule has 5 aliphatic carbocycles. The first kappa shape index (κ1) is 26.3. The second-order valence-electron chi connectivity index (χ2n) is 15.0. The van der Waals surface area contributed by atoms with Crippen molar-refractivity contribution in [2.45, 2.75) is 119 Å². The summed E-state index contributed by atoms with van der Waals surface area (Å²) < 4.78 is 5.69. The van der Waals surface area contributed by atoms with Gasteiger partial charge < -0.3 is 9.84 Å². The van der Waals surface area contributed by atoms with Crippen molar-refractivity contribution >= 4 is 11.9 Å². The molecule has 0 radical (unpaired) electrons. The average molecular weight is 499 g/mol. The van der Waals surface area contributed by atoms with Crippen LogP contribution in [0.1, 0.15) is 113 Å². The third-order valence-corrected chi connectivity index (χ3v) is 13.8. The molecule has 1 N–H and O–H groups in total. The van der Waals surface area contributed by atoms with Gasteiger partial charge >= 0.3 is 11.9 Å². The van der Waals surface area contributed by atoms with Crippen LogP contribution < -0.4 is 0 Å². The van der Waals surface area contributed by atoms with Crippen LogP contribution in [0, 0.1) is 56.7 Å². The van der Waals surface area contributed by atoms with E-state index in [2.05, 4.69) is 47.6 Å². The van der Waals surface area contributed by atoms with Crippen molar-refractivity contribution < 1.29 is 19.4 Å². The Morgan fingerprint density at radius 2 is 1.61 bits per heavy atom. The Hall–Kier alpha value is -1.32. The fraction of sp³-hybridized carbons (Fsp3) is 0.875. The number of carbonyl (C=O) groups is 2. The molecule has 202 valence electrons. The van der Waals surface area contributed by atoms with Crippen LogP contribution in [0.15, 0.2) is 11.6 Å². The fourth-order valence-electron chi connectivity index (χ4n) is 11.2. The molecule has 0 aromatic carbocycles. The topological polar surface area (TPSA) is 63.6 Å². The van der Waals surface area contributed by atoms with E-state index < -0.39 is 17.5 Å². The van der Waals surface area contributed by atoms with Crippen LogP contribution in [0.2, 0.25) is 0 Å². The van der Waals surface area contributed by atoms with Gasteiger partial charge in [-0.1, -0.05) is 53.2 Å². The van der Waals surface area contributed by atoms with Crippen molar-refractivity contribution in [2.75, 3.05) is 0 Å². The van der Waals surface area contributed by atoms with Crippen molar-refractivity contribution in [3.05, 3.63) is 11.6 Å². The first-order valence-corrected chi connectivity index (χ1v) is 14.8. The highest BCUT2D eigenvalue weighted by atomic mass is 16.5. The molecule has 0 aliphatic heterocycles. The molecule has 11 atom stereocenters. The molecule has 0 unspecified atom stereocenters. The average Bonchev–Trinajstić information content (AvgIpc) is 2.79. The maximum atomic E-state index is 12.9. The molecule has 36 heavy (non-hydrogen) atoms. The first-order chi connectivity index (χ1) is 16.6. The highest BCUT2D eigenvalue weighted by Gasteiger charge is 2.70. The molecular weight excluding hydrogens is 448 g/mol. The van der Waals surface area contributed by atoms with Crippen LogP contribution in [0.3, 0.4) is 0 Å². The largest absolute Gasteiger partial charge is 0.481 e. The van der Waals surface area contributed by atoms with E-state index in [9.17, 15) is 14.7 Å². The second-order valence-corrected chi connectivity index (χ2v) is 15.0. The van der Waals surface area contributed by atoms with E-state index in [-0.39, 0.29) is 28.1 Å². The van der Waals surface area contributed by atoms with Crippen LogP contribution in [0.25, 0.3) is 0 Å². The Balaban J connectivity index is 1.57. The second kappa shape index (κ2) is 8.09. The van der Waals surface area contributed by atoms with E-state index in [0.717, 1.165) is 37.5 Å². The molecular formula is C32H50O4. The van der Waals surface area contributed by atoms with Crippen molar-refractivity contribution in [1.82, 2.24) is 0 Å². The van der Waals surface area contributed by atoms with E-state index in [1.54, 1.807) is 5.57 Å². The first-order valence-electron chi connectivity index (χ1n) is 14.8. The minimum Gasteiger partial charge on any atom is -0.481 e. The lowest BCUT2D eigenvalue weighted by molar-refractivity contribution is -0.223. The zero-order valence-corrected chi connectivity index (χ0v) is 24.1. The van der Waals surface area contributed by atoms with Gasteiger partial charge in [-0.15, -0.1) is 0 Å². The summed E-state index contributed by atoms with van der Waals surface area (Å²) in [7, 11) is 0. The number of hydrogen-bond acceptors (Lipinski definition) is 3. The normalized spacial score (nSPS) is 54.2. The molecule has 0 aromatic rings. The highest BCUT2D eigenvalue weighted by molar-refractivity contribution is 5.77. The Morgan fingerprint density at radius 1 is 0.917 bits per heavy atom. The third kappa shape index (κ3) is 3.17. The molecule has 0 bridgehead atoms. The molecule has 4 nitrogen and oxygen atoms in total. The highest BCUT2D eigenvalue weighted by Crippen LogP contribution is 2.75. The number of fused-ring (bicyclic) bond motifs is 7. The molecule has 0 amide bonds. The third-order valence-electron chi connectivity index (χ3n) is 13.8. The van der Waals surface area contributed by atoms with Crippen LogP contribution in [0.5, 0.6) is 0 Å². The molecule has 0 saturated heterocycles. The summed E-state index contributed by atoms with van der Waals surface area (Å²) in [6.07, 6.45) is 12.0. The number of carboxylic acids is 1. The van der Waals surface area contributed by atoms with Gasteiger partial charge in [-0.3, -0.25) is 9.59 Å². The number of carbonyl (C=O) groups excluding carboxylic acids is 1. The lowest BCUT2D eigenvalue weighted by atomic mass is 9.33. The number of allylic oxidation sites excluding steroid dienone is 2. The molecule has 5 rings (SSSR count). The SMILES string of the molecule is CC(=O)O[C@H]1CC[C@@]2(C)[C@H](CC[C@]3(C)[C@H]2CC=C2[C@@H]4[C@@H](C)[C@@H](C)CC[C@]4(C)CC[C@@]23C)[C@@]1(C)C(=O)O. The van der Waals surface area contributed by atoms with Gasteiger partial charge in [-0.2, -0.15) is 0 Å². The van der Waals surface area contributed by atoms with E-state index >= 15 is 0 Å². The predicted molar refractivity (Wildman–Crippen MR) is 142 cm³/mol. The van der Waals surface area contributed by atoms with E-state index in [4.69, 9.17) is 4.74 Å². The van der Waals surface area contributed by atoms with E-state index in [0.29, 0.717) is 23.7 Å². The maximum absolute atomic E-state index is 12.9. The van der Waals surface area contributed by atoms with E-state index in [1.807, 2.05) is 6.92 Å². The van der Waals surface area contributed by atoms with Gasteiger partial charge in [-0.25, -0.2) is 0 Å². The van der Waals surface area contributed by atoms with Gasteiger partial charge in [0, 0.05) is 6.92 Å². The van der Waals surface area contributed by atoms with Gasteiger partial charge in [0.2, 0.25) is 0 Å². The van der Waals surface area contributed by atoms with Gasteiger partial charge in [0.25, 0.3) is 0 Å². The molecule has 4 saturated carbocycles. The molecule has 4 heteroatoms. The van der Waals surface area contributed by atoms with Gasteiger partial charge in [-0.05, 0) is 116 Å². The van der Waals surface area contributed by atoms with Gasteiger partial charge in [0.15, 0.2) is 0 Å². The number of rotatable bonds is 2. The number of hydrogen-bond donors (Lipinski definition) is 1. The van der Waals surface area contributed by atoms with Crippen molar-refractivity contribution in [3.63, 3.8) is 0 Å². The van der Waals surface area contributed by atoms with Crippen molar-refractivity contribution in [3.8, 4) is 0 Å². The van der Waals surface area contributed by atoms with Crippen LogP contribution in [0.4, 0.5) is 0 Å². The minimum atomic E-state index is -1.04. The van der Waals surface area contributed by atoms with Crippen LogP contribution >= 0.6 is 0 Å². The fourth-order valence-corrected chi connectivity index (χ4v) is 11.2. The molecule has 0 heterocycles. The number of ether oxygens (including phenoxy) is 1. The van der Waals surface area contributed by atoms with Gasteiger partial charge in [0.05, 0.1) is 0 Å². The number of aliphatic carboxylic acids is 1. The summed E-state index contributed by atoms with van der Waals surface area (Å²) in [4.78, 5) is 24.8. The summed E-state index contributed by atoms with van der Waals surface area (Å²) in [5.74, 6) is 1.47. The Morgan fingerprint density at radius 3 is 2.25 bits per heavy atom. The summed E-state index contributed by atoms with van der Waals surface area (Å²) in [5, 5.41) is 10.5. The van der Waals surface area contributed by atoms with Crippen LogP contribution in [-0.4, -0.2) is 23.1 Å². The minimum absolute atomic E-state index is 0.0136. The zero-order chi connectivity index (χ0) is 26.5. The summed E-state index contributed by atoms with van der Waals surface area (Å²) in [6, 6.07) is 0.